The fourth-order valence-corrected chi connectivity index (χ4v) is 3.12. The summed E-state index contributed by atoms with van der Waals surface area (Å²) in [4.78, 5) is 26.2. The van der Waals surface area contributed by atoms with Gasteiger partial charge in [0.05, 0.1) is 16.6 Å². The summed E-state index contributed by atoms with van der Waals surface area (Å²) in [6.45, 7) is 0.213. The second-order valence-corrected chi connectivity index (χ2v) is 6.99. The predicted molar refractivity (Wildman–Crippen MR) is 109 cm³/mol. The van der Waals surface area contributed by atoms with E-state index in [9.17, 15) is 9.59 Å². The average molecular weight is 401 g/mol. The van der Waals surface area contributed by atoms with E-state index in [1.807, 2.05) is 42.5 Å². The first-order chi connectivity index (χ1) is 13.0. The zero-order valence-corrected chi connectivity index (χ0v) is 16.2. The predicted octanol–water partition coefficient (Wildman–Crippen LogP) is 4.54. The van der Waals surface area contributed by atoms with E-state index in [0.29, 0.717) is 22.2 Å². The van der Waals surface area contributed by atoms with Gasteiger partial charge < -0.3 is 10.2 Å². The maximum atomic E-state index is 12.4. The topological polar surface area (TPSA) is 49.4 Å². The van der Waals surface area contributed by atoms with Crippen LogP contribution in [0.25, 0.3) is 10.8 Å². The Kier molecular flexibility index (Phi) is 5.99. The standard InChI is InChI=1S/C21H18Cl2N2O2/c1-25(13-17-7-4-8-18(22)20(17)23)19(26)12-24-21(27)16-10-9-14-5-2-3-6-15(14)11-16/h2-11H,12-13H2,1H3,(H,24,27). The second-order valence-electron chi connectivity index (χ2n) is 6.21. The summed E-state index contributed by atoms with van der Waals surface area (Å²) in [7, 11) is 1.65. The van der Waals surface area contributed by atoms with Crippen LogP contribution in [-0.2, 0) is 11.3 Å². The monoisotopic (exact) mass is 400 g/mol. The van der Waals surface area contributed by atoms with Gasteiger partial charge in [-0.3, -0.25) is 9.59 Å². The highest BCUT2D eigenvalue weighted by atomic mass is 35.5. The van der Waals surface area contributed by atoms with Crippen molar-refractivity contribution in [1.29, 1.82) is 0 Å². The van der Waals surface area contributed by atoms with Crippen molar-refractivity contribution in [1.82, 2.24) is 10.2 Å². The lowest BCUT2D eigenvalue weighted by Crippen LogP contribution is -2.37. The number of benzene rings is 3. The molecule has 0 fully saturated rings. The van der Waals surface area contributed by atoms with E-state index >= 15 is 0 Å². The van der Waals surface area contributed by atoms with Crippen LogP contribution in [0, 0.1) is 0 Å². The molecule has 3 aromatic carbocycles. The van der Waals surface area contributed by atoms with Crippen molar-refractivity contribution in [2.24, 2.45) is 0 Å². The first-order valence-electron chi connectivity index (χ1n) is 8.39. The number of likely N-dealkylation sites (N-methyl/N-ethyl adjacent to an activating group) is 1. The number of nitrogens with zero attached hydrogens (tertiary/aromatic N) is 1. The van der Waals surface area contributed by atoms with Gasteiger partial charge >= 0.3 is 0 Å². The van der Waals surface area contributed by atoms with Crippen molar-refractivity contribution in [3.8, 4) is 0 Å². The zero-order chi connectivity index (χ0) is 19.4. The highest BCUT2D eigenvalue weighted by Gasteiger charge is 2.14. The molecule has 0 aliphatic heterocycles. The lowest BCUT2D eigenvalue weighted by atomic mass is 10.1. The van der Waals surface area contributed by atoms with Crippen molar-refractivity contribution in [3.05, 3.63) is 81.8 Å². The molecule has 0 unspecified atom stereocenters. The van der Waals surface area contributed by atoms with Gasteiger partial charge in [0.1, 0.15) is 0 Å². The molecule has 27 heavy (non-hydrogen) atoms. The molecule has 0 saturated heterocycles. The summed E-state index contributed by atoms with van der Waals surface area (Å²) < 4.78 is 0. The smallest absolute Gasteiger partial charge is 0.251 e. The Morgan fingerprint density at radius 3 is 2.48 bits per heavy atom. The van der Waals surface area contributed by atoms with Crippen molar-refractivity contribution < 1.29 is 9.59 Å². The third-order valence-corrected chi connectivity index (χ3v) is 5.13. The van der Waals surface area contributed by atoms with E-state index in [4.69, 9.17) is 23.2 Å². The van der Waals surface area contributed by atoms with Crippen LogP contribution in [0.15, 0.2) is 60.7 Å². The first kappa shape index (κ1) is 19.2. The van der Waals surface area contributed by atoms with Crippen LogP contribution in [0.1, 0.15) is 15.9 Å². The third-order valence-electron chi connectivity index (χ3n) is 4.28. The number of nitrogens with one attached hydrogen (secondary N) is 1. The summed E-state index contributed by atoms with van der Waals surface area (Å²) in [5, 5.41) is 5.58. The van der Waals surface area contributed by atoms with Gasteiger partial charge in [-0.2, -0.15) is 0 Å². The minimum atomic E-state index is -0.289. The molecule has 2 amide bonds. The first-order valence-corrected chi connectivity index (χ1v) is 9.15. The summed E-state index contributed by atoms with van der Waals surface area (Å²) in [6, 6.07) is 18.5. The molecule has 0 bridgehead atoms. The quantitative estimate of drug-likeness (QED) is 0.683. The highest BCUT2D eigenvalue weighted by Crippen LogP contribution is 2.26. The van der Waals surface area contributed by atoms with Crippen molar-refractivity contribution in [3.63, 3.8) is 0 Å². The van der Waals surface area contributed by atoms with Gasteiger partial charge in [0, 0.05) is 19.2 Å². The summed E-state index contributed by atoms with van der Waals surface area (Å²) in [6.07, 6.45) is 0. The van der Waals surface area contributed by atoms with Gasteiger partial charge in [-0.15, -0.1) is 0 Å². The van der Waals surface area contributed by atoms with Crippen LogP contribution < -0.4 is 5.32 Å². The number of hydrogen-bond acceptors (Lipinski definition) is 2. The van der Waals surface area contributed by atoms with Crippen LogP contribution in [0.2, 0.25) is 10.0 Å². The number of carbonyl (C=O) groups is 2. The minimum Gasteiger partial charge on any atom is -0.343 e. The number of rotatable bonds is 5. The van der Waals surface area contributed by atoms with E-state index < -0.39 is 0 Å². The van der Waals surface area contributed by atoms with Gasteiger partial charge in [-0.05, 0) is 34.5 Å². The van der Waals surface area contributed by atoms with Crippen LogP contribution >= 0.6 is 23.2 Å². The Balaban J connectivity index is 1.60. The maximum Gasteiger partial charge on any atom is 0.251 e. The second kappa shape index (κ2) is 8.42. The van der Waals surface area contributed by atoms with E-state index in [1.165, 1.54) is 4.90 Å². The fraction of sp³-hybridized carbons (Fsp3) is 0.143. The number of fused-ring (bicyclic) bond motifs is 1. The van der Waals surface area contributed by atoms with E-state index in [-0.39, 0.29) is 18.4 Å². The lowest BCUT2D eigenvalue weighted by molar-refractivity contribution is -0.129. The Hall–Kier alpha value is -2.56. The largest absolute Gasteiger partial charge is 0.343 e. The van der Waals surface area contributed by atoms with Crippen molar-refractivity contribution in [2.45, 2.75) is 6.54 Å². The van der Waals surface area contributed by atoms with Crippen molar-refractivity contribution >= 4 is 45.8 Å². The lowest BCUT2D eigenvalue weighted by Gasteiger charge is -2.18. The molecule has 0 aliphatic rings. The molecule has 0 saturated carbocycles. The molecular weight excluding hydrogens is 383 g/mol. The molecule has 1 N–H and O–H groups in total. The molecule has 4 nitrogen and oxygen atoms in total. The van der Waals surface area contributed by atoms with Gasteiger partial charge in [-0.25, -0.2) is 0 Å². The molecular formula is C21H18Cl2N2O2. The molecule has 0 radical (unpaired) electrons. The Labute approximate surface area is 167 Å². The third kappa shape index (κ3) is 4.59. The van der Waals surface area contributed by atoms with Crippen molar-refractivity contribution in [2.75, 3.05) is 13.6 Å². The summed E-state index contributed by atoms with van der Waals surface area (Å²) in [5.74, 6) is -0.511. The average Bonchev–Trinajstić information content (AvgIpc) is 2.68. The molecule has 0 spiro atoms. The van der Waals surface area contributed by atoms with Crippen LogP contribution in [-0.4, -0.2) is 30.3 Å². The molecule has 0 heterocycles. The molecule has 138 valence electrons. The Bertz CT molecular complexity index is 1000. The SMILES string of the molecule is CN(Cc1cccc(Cl)c1Cl)C(=O)CNC(=O)c1ccc2ccccc2c1. The highest BCUT2D eigenvalue weighted by molar-refractivity contribution is 6.42. The van der Waals surface area contributed by atoms with Gasteiger partial charge in [0.2, 0.25) is 5.91 Å². The normalized spacial score (nSPS) is 10.6. The Morgan fingerprint density at radius 2 is 1.70 bits per heavy atom. The minimum absolute atomic E-state index is 0.0969. The van der Waals surface area contributed by atoms with Crippen LogP contribution in [0.5, 0.6) is 0 Å². The zero-order valence-electron chi connectivity index (χ0n) is 14.7. The molecule has 0 aliphatic carbocycles. The molecule has 0 atom stereocenters. The molecule has 3 rings (SSSR count). The van der Waals surface area contributed by atoms with Gasteiger partial charge in [-0.1, -0.05) is 65.7 Å². The Morgan fingerprint density at radius 1 is 0.963 bits per heavy atom. The van der Waals surface area contributed by atoms with Crippen LogP contribution in [0.3, 0.4) is 0 Å². The molecule has 0 aromatic heterocycles. The number of hydrogen-bond donors (Lipinski definition) is 1. The number of amides is 2. The number of carbonyl (C=O) groups excluding carboxylic acids is 2. The van der Waals surface area contributed by atoms with E-state index in [1.54, 1.807) is 25.2 Å². The maximum absolute atomic E-state index is 12.4. The number of halogens is 2. The summed E-state index contributed by atoms with van der Waals surface area (Å²) >= 11 is 12.2. The molecule has 6 heteroatoms. The van der Waals surface area contributed by atoms with E-state index in [0.717, 1.165) is 16.3 Å². The van der Waals surface area contributed by atoms with Crippen LogP contribution in [0.4, 0.5) is 0 Å². The van der Waals surface area contributed by atoms with Gasteiger partial charge in [0.15, 0.2) is 0 Å². The fourth-order valence-electron chi connectivity index (χ4n) is 2.74. The van der Waals surface area contributed by atoms with E-state index in [2.05, 4.69) is 5.32 Å². The van der Waals surface area contributed by atoms with Gasteiger partial charge in [0.25, 0.3) is 5.91 Å². The molecule has 3 aromatic rings. The summed E-state index contributed by atoms with van der Waals surface area (Å²) in [5.41, 5.74) is 1.27.